The molecule has 0 aromatic heterocycles. The highest BCUT2D eigenvalue weighted by molar-refractivity contribution is 5.30. The van der Waals surface area contributed by atoms with E-state index in [0.29, 0.717) is 0 Å². The fraction of sp³-hybridized carbons (Fsp3) is 0.760. The lowest BCUT2D eigenvalue weighted by Crippen LogP contribution is -2.29. The highest BCUT2D eigenvalue weighted by atomic mass is 16.5. The van der Waals surface area contributed by atoms with Gasteiger partial charge in [0.15, 0.2) is 0 Å². The Balaban J connectivity index is 1.46. The van der Waals surface area contributed by atoms with Gasteiger partial charge in [-0.05, 0) is 79.4 Å². The number of rotatable bonds is 7. The first kappa shape index (κ1) is 19.8. The van der Waals surface area contributed by atoms with Gasteiger partial charge in [0.2, 0.25) is 0 Å². The Bertz CT molecular complexity index is 511. The van der Waals surface area contributed by atoms with E-state index in [9.17, 15) is 0 Å². The maximum absolute atomic E-state index is 5.32. The van der Waals surface area contributed by atoms with E-state index in [1.165, 1.54) is 76.2 Å². The number of hydrogen-bond donors (Lipinski definition) is 0. The molecule has 2 saturated carbocycles. The van der Waals surface area contributed by atoms with Crippen LogP contribution in [0.4, 0.5) is 0 Å². The first-order valence-corrected chi connectivity index (χ1v) is 11.3. The van der Waals surface area contributed by atoms with Crippen LogP contribution in [0.2, 0.25) is 0 Å². The fourth-order valence-corrected chi connectivity index (χ4v) is 5.84. The van der Waals surface area contributed by atoms with E-state index in [2.05, 4.69) is 38.1 Å². The first-order valence-electron chi connectivity index (χ1n) is 11.3. The van der Waals surface area contributed by atoms with Crippen molar-refractivity contribution >= 4 is 0 Å². The van der Waals surface area contributed by atoms with Crippen LogP contribution in [0, 0.1) is 23.7 Å². The molecule has 1 aromatic rings. The monoisotopic (exact) mass is 356 g/mol. The van der Waals surface area contributed by atoms with Crippen LogP contribution in [0.15, 0.2) is 24.3 Å². The molecule has 0 amide bonds. The lowest BCUT2D eigenvalue weighted by atomic mass is 9.65. The lowest BCUT2D eigenvalue weighted by molar-refractivity contribution is 0.130. The molecule has 2 aliphatic carbocycles. The van der Waals surface area contributed by atoms with Gasteiger partial charge in [-0.25, -0.2) is 0 Å². The maximum Gasteiger partial charge on any atom is 0.118 e. The largest absolute Gasteiger partial charge is 0.497 e. The molecule has 1 heteroatoms. The summed E-state index contributed by atoms with van der Waals surface area (Å²) >= 11 is 0. The van der Waals surface area contributed by atoms with Crippen LogP contribution in [0.3, 0.4) is 0 Å². The molecular formula is C25H40O. The van der Waals surface area contributed by atoms with Gasteiger partial charge in [0.1, 0.15) is 5.75 Å². The molecule has 1 unspecified atom stereocenters. The minimum Gasteiger partial charge on any atom is -0.497 e. The first-order chi connectivity index (χ1) is 12.7. The van der Waals surface area contributed by atoms with E-state index in [1.807, 2.05) is 0 Å². The number of ether oxygens (including phenoxy) is 1. The molecule has 2 aliphatic rings. The molecule has 1 nitrogen and oxygen atoms in total. The van der Waals surface area contributed by atoms with Crippen molar-refractivity contribution < 1.29 is 4.74 Å². The molecule has 1 aromatic carbocycles. The van der Waals surface area contributed by atoms with Crippen molar-refractivity contribution in [3.63, 3.8) is 0 Å². The van der Waals surface area contributed by atoms with Crippen LogP contribution in [0.5, 0.6) is 5.75 Å². The molecule has 3 atom stereocenters. The Kier molecular flexibility index (Phi) is 7.46. The minimum absolute atomic E-state index is 0.752. The molecule has 3 rings (SSSR count). The summed E-state index contributed by atoms with van der Waals surface area (Å²) in [6, 6.07) is 8.85. The third-order valence-electron chi connectivity index (χ3n) is 7.53. The van der Waals surface area contributed by atoms with Gasteiger partial charge < -0.3 is 4.74 Å². The van der Waals surface area contributed by atoms with Crippen LogP contribution in [0.1, 0.15) is 96.0 Å². The average molecular weight is 357 g/mol. The molecule has 0 saturated heterocycles. The van der Waals surface area contributed by atoms with E-state index in [4.69, 9.17) is 4.74 Å². The fourth-order valence-electron chi connectivity index (χ4n) is 5.84. The summed E-state index contributed by atoms with van der Waals surface area (Å²) in [6.45, 7) is 4.82. The van der Waals surface area contributed by atoms with Crippen LogP contribution < -0.4 is 4.74 Å². The van der Waals surface area contributed by atoms with E-state index in [-0.39, 0.29) is 0 Å². The van der Waals surface area contributed by atoms with Gasteiger partial charge in [0, 0.05) is 0 Å². The summed E-state index contributed by atoms with van der Waals surface area (Å²) in [5.41, 5.74) is 1.52. The molecule has 0 aliphatic heterocycles. The third kappa shape index (κ3) is 5.05. The summed E-state index contributed by atoms with van der Waals surface area (Å²) in [5.74, 6) is 5.62. The second-order valence-corrected chi connectivity index (χ2v) is 9.21. The summed E-state index contributed by atoms with van der Waals surface area (Å²) in [5, 5.41) is 0. The van der Waals surface area contributed by atoms with E-state index in [0.717, 1.165) is 35.3 Å². The summed E-state index contributed by atoms with van der Waals surface area (Å²) in [7, 11) is 1.75. The zero-order chi connectivity index (χ0) is 18.4. The second kappa shape index (κ2) is 9.81. The second-order valence-electron chi connectivity index (χ2n) is 9.21. The number of benzene rings is 1. The highest BCUT2D eigenvalue weighted by Gasteiger charge is 2.34. The molecule has 26 heavy (non-hydrogen) atoms. The molecule has 0 radical (unpaired) electrons. The number of unbranched alkanes of at least 4 members (excludes halogenated alkanes) is 2. The van der Waals surface area contributed by atoms with Crippen molar-refractivity contribution in [2.24, 2.45) is 23.7 Å². The smallest absolute Gasteiger partial charge is 0.118 e. The van der Waals surface area contributed by atoms with Gasteiger partial charge in [0.25, 0.3) is 0 Å². The molecule has 2 fully saturated rings. The molecule has 0 N–H and O–H groups in total. The van der Waals surface area contributed by atoms with Crippen LogP contribution in [-0.2, 0) is 0 Å². The van der Waals surface area contributed by atoms with Gasteiger partial charge in [-0.3, -0.25) is 0 Å². The predicted octanol–water partition coefficient (Wildman–Crippen LogP) is 7.60. The number of hydrogen-bond acceptors (Lipinski definition) is 1. The lowest BCUT2D eigenvalue weighted by Gasteiger charge is -2.41. The van der Waals surface area contributed by atoms with Crippen LogP contribution in [0.25, 0.3) is 0 Å². The maximum atomic E-state index is 5.32. The van der Waals surface area contributed by atoms with Crippen molar-refractivity contribution in [1.82, 2.24) is 0 Å². The zero-order valence-electron chi connectivity index (χ0n) is 17.4. The van der Waals surface area contributed by atoms with Crippen molar-refractivity contribution in [3.8, 4) is 5.75 Å². The topological polar surface area (TPSA) is 9.23 Å². The molecule has 0 bridgehead atoms. The SMILES string of the molecule is CCCCCC1CCC(C2CC[C@@H](c3ccc(OC)cc3)[C@H](C)C2)CC1. The van der Waals surface area contributed by atoms with Gasteiger partial charge in [-0.15, -0.1) is 0 Å². The highest BCUT2D eigenvalue weighted by Crippen LogP contribution is 2.47. The molecule has 0 heterocycles. The average Bonchev–Trinajstić information content (AvgIpc) is 2.69. The Morgan fingerprint density at radius 2 is 1.58 bits per heavy atom. The zero-order valence-corrected chi connectivity index (χ0v) is 17.4. The van der Waals surface area contributed by atoms with Gasteiger partial charge >= 0.3 is 0 Å². The molecule has 146 valence electrons. The predicted molar refractivity (Wildman–Crippen MR) is 112 cm³/mol. The summed E-state index contributed by atoms with van der Waals surface area (Å²) < 4.78 is 5.32. The van der Waals surface area contributed by atoms with Crippen molar-refractivity contribution in [2.75, 3.05) is 7.11 Å². The Morgan fingerprint density at radius 1 is 0.885 bits per heavy atom. The van der Waals surface area contributed by atoms with E-state index in [1.54, 1.807) is 7.11 Å². The van der Waals surface area contributed by atoms with Gasteiger partial charge in [-0.2, -0.15) is 0 Å². The number of methoxy groups -OCH3 is 1. The van der Waals surface area contributed by atoms with Gasteiger partial charge in [0.05, 0.1) is 7.11 Å². The quantitative estimate of drug-likeness (QED) is 0.457. The van der Waals surface area contributed by atoms with Crippen molar-refractivity contribution in [1.29, 1.82) is 0 Å². The molecule has 0 spiro atoms. The van der Waals surface area contributed by atoms with Crippen LogP contribution >= 0.6 is 0 Å². The van der Waals surface area contributed by atoms with Crippen LogP contribution in [-0.4, -0.2) is 7.11 Å². The Morgan fingerprint density at radius 3 is 2.19 bits per heavy atom. The molecular weight excluding hydrogens is 316 g/mol. The third-order valence-corrected chi connectivity index (χ3v) is 7.53. The summed E-state index contributed by atoms with van der Waals surface area (Å²) in [6.07, 6.45) is 16.1. The van der Waals surface area contributed by atoms with Gasteiger partial charge in [-0.1, -0.05) is 64.5 Å². The summed E-state index contributed by atoms with van der Waals surface area (Å²) in [4.78, 5) is 0. The Hall–Kier alpha value is -0.980. The van der Waals surface area contributed by atoms with Crippen molar-refractivity contribution in [3.05, 3.63) is 29.8 Å². The van der Waals surface area contributed by atoms with E-state index >= 15 is 0 Å². The normalized spacial score (nSPS) is 32.3. The standard InChI is InChI=1S/C25H40O/c1-4-5-6-7-20-8-10-21(11-9-20)23-14-17-25(19(2)18-23)22-12-15-24(26-3)16-13-22/h12-13,15-16,19-21,23,25H,4-11,14,17-18H2,1-3H3/t19-,20?,21?,23?,25-/m1/s1. The Labute approximate surface area is 161 Å². The van der Waals surface area contributed by atoms with E-state index < -0.39 is 0 Å². The van der Waals surface area contributed by atoms with Crippen molar-refractivity contribution in [2.45, 2.75) is 90.4 Å². The minimum atomic E-state index is 0.752.